The van der Waals surface area contributed by atoms with Gasteiger partial charge in [-0.05, 0) is 40.2 Å². The van der Waals surface area contributed by atoms with Crippen LogP contribution in [-0.2, 0) is 0 Å². The maximum Gasteiger partial charge on any atom is 0.326 e. The smallest absolute Gasteiger partial charge is 0.326 e. The molecule has 4 nitrogen and oxygen atoms in total. The zero-order valence-electron chi connectivity index (χ0n) is 10.7. The van der Waals surface area contributed by atoms with Gasteiger partial charge < -0.3 is 10.1 Å². The monoisotopic (exact) mass is 332 g/mol. The first kappa shape index (κ1) is 13.0. The molecule has 1 N–H and O–H groups in total. The summed E-state index contributed by atoms with van der Waals surface area (Å²) in [6.45, 7) is 1.04. The number of nitrogens with one attached hydrogen (secondary N) is 1. The molecule has 0 spiro atoms. The van der Waals surface area contributed by atoms with Crippen molar-refractivity contribution in [2.75, 3.05) is 23.4 Å². The average Bonchev–Trinajstić information content (AvgIpc) is 2.49. The molecule has 1 aliphatic rings. The summed E-state index contributed by atoms with van der Waals surface area (Å²) in [5.74, 6) is 0.737. The van der Waals surface area contributed by atoms with Gasteiger partial charge in [-0.3, -0.25) is 4.90 Å². The van der Waals surface area contributed by atoms with E-state index < -0.39 is 0 Å². The predicted molar refractivity (Wildman–Crippen MR) is 82.4 cm³/mol. The van der Waals surface area contributed by atoms with Crippen LogP contribution in [0.4, 0.5) is 16.2 Å². The summed E-state index contributed by atoms with van der Waals surface area (Å²) in [4.78, 5) is 14.1. The van der Waals surface area contributed by atoms with E-state index in [1.807, 2.05) is 48.5 Å². The number of rotatable bonds is 1. The number of urea groups is 1. The van der Waals surface area contributed by atoms with E-state index in [0.29, 0.717) is 13.2 Å². The third-order valence-electron chi connectivity index (χ3n) is 3.09. The highest BCUT2D eigenvalue weighted by Gasteiger charge is 2.23. The molecule has 3 rings (SSSR count). The van der Waals surface area contributed by atoms with Crippen LogP contribution in [0.2, 0.25) is 0 Å². The molecule has 1 heterocycles. The highest BCUT2D eigenvalue weighted by Crippen LogP contribution is 2.31. The Kier molecular flexibility index (Phi) is 3.60. The number of fused-ring (bicyclic) bond motifs is 1. The molecule has 0 saturated heterocycles. The van der Waals surface area contributed by atoms with E-state index in [1.54, 1.807) is 4.90 Å². The van der Waals surface area contributed by atoms with Crippen molar-refractivity contribution in [2.24, 2.45) is 0 Å². The number of anilines is 2. The van der Waals surface area contributed by atoms with Crippen LogP contribution in [0.1, 0.15) is 0 Å². The standard InChI is InChI=1S/C15H13BrN2O2/c16-11-5-1-2-6-12(11)17-15(19)18-9-10-20-14-8-4-3-7-13(14)18/h1-8H,9-10H2,(H,17,19). The molecule has 102 valence electrons. The van der Waals surface area contributed by atoms with Gasteiger partial charge in [0.15, 0.2) is 0 Å². The number of halogens is 1. The van der Waals surface area contributed by atoms with Gasteiger partial charge in [0.2, 0.25) is 0 Å². The lowest BCUT2D eigenvalue weighted by Crippen LogP contribution is -2.40. The number of ether oxygens (including phenoxy) is 1. The number of amides is 2. The molecule has 2 aromatic carbocycles. The fourth-order valence-corrected chi connectivity index (χ4v) is 2.51. The Balaban J connectivity index is 1.84. The first-order valence-corrected chi connectivity index (χ1v) is 7.10. The van der Waals surface area contributed by atoms with E-state index in [4.69, 9.17) is 4.74 Å². The van der Waals surface area contributed by atoms with Gasteiger partial charge in [0, 0.05) is 4.47 Å². The van der Waals surface area contributed by atoms with Crippen LogP contribution in [-0.4, -0.2) is 19.2 Å². The molecule has 0 radical (unpaired) electrons. The molecule has 1 aliphatic heterocycles. The van der Waals surface area contributed by atoms with Crippen molar-refractivity contribution in [2.45, 2.75) is 0 Å². The Bertz CT molecular complexity index is 645. The molecule has 0 saturated carbocycles. The molecule has 0 fully saturated rings. The van der Waals surface area contributed by atoms with Crippen LogP contribution in [0.15, 0.2) is 53.0 Å². The molecule has 0 aromatic heterocycles. The van der Waals surface area contributed by atoms with E-state index in [1.165, 1.54) is 0 Å². The van der Waals surface area contributed by atoms with Gasteiger partial charge in [0.1, 0.15) is 12.4 Å². The summed E-state index contributed by atoms with van der Waals surface area (Å²) in [5.41, 5.74) is 1.55. The lowest BCUT2D eigenvalue weighted by molar-refractivity contribution is 0.250. The van der Waals surface area contributed by atoms with Gasteiger partial charge in [-0.15, -0.1) is 0 Å². The summed E-state index contributed by atoms with van der Waals surface area (Å²) >= 11 is 3.42. The molecule has 5 heteroatoms. The normalized spacial score (nSPS) is 13.3. The molecule has 0 unspecified atom stereocenters. The summed E-state index contributed by atoms with van der Waals surface area (Å²) in [6.07, 6.45) is 0. The van der Waals surface area contributed by atoms with Crippen molar-refractivity contribution in [1.29, 1.82) is 0 Å². The zero-order chi connectivity index (χ0) is 13.9. The molecule has 0 bridgehead atoms. The largest absolute Gasteiger partial charge is 0.490 e. The minimum atomic E-state index is -0.160. The maximum atomic E-state index is 12.4. The first-order chi connectivity index (χ1) is 9.75. The number of carbonyl (C=O) groups excluding carboxylic acids is 1. The minimum absolute atomic E-state index is 0.160. The minimum Gasteiger partial charge on any atom is -0.490 e. The van der Waals surface area contributed by atoms with Crippen molar-refractivity contribution in [3.05, 3.63) is 53.0 Å². The Morgan fingerprint density at radius 2 is 1.90 bits per heavy atom. The molecule has 20 heavy (non-hydrogen) atoms. The number of hydrogen-bond donors (Lipinski definition) is 1. The number of hydrogen-bond acceptors (Lipinski definition) is 2. The van der Waals surface area contributed by atoms with Crippen molar-refractivity contribution in [1.82, 2.24) is 0 Å². The second kappa shape index (κ2) is 5.54. The van der Waals surface area contributed by atoms with Crippen LogP contribution in [0.5, 0.6) is 5.75 Å². The van der Waals surface area contributed by atoms with Gasteiger partial charge >= 0.3 is 6.03 Å². The van der Waals surface area contributed by atoms with Crippen LogP contribution in [0.3, 0.4) is 0 Å². The molecule has 0 aliphatic carbocycles. The van der Waals surface area contributed by atoms with E-state index in [2.05, 4.69) is 21.2 Å². The lowest BCUT2D eigenvalue weighted by atomic mass is 10.2. The van der Waals surface area contributed by atoms with Crippen molar-refractivity contribution >= 4 is 33.3 Å². The predicted octanol–water partition coefficient (Wildman–Crippen LogP) is 3.88. The maximum absolute atomic E-state index is 12.4. The highest BCUT2D eigenvalue weighted by molar-refractivity contribution is 9.10. The van der Waals surface area contributed by atoms with E-state index in [9.17, 15) is 4.79 Å². The average molecular weight is 333 g/mol. The van der Waals surface area contributed by atoms with Crippen molar-refractivity contribution < 1.29 is 9.53 Å². The molecular formula is C15H13BrN2O2. The van der Waals surface area contributed by atoms with Gasteiger partial charge in [-0.25, -0.2) is 4.79 Å². The molecule has 0 atom stereocenters. The Hall–Kier alpha value is -2.01. The Labute approximate surface area is 125 Å². The van der Waals surface area contributed by atoms with Gasteiger partial charge in [0.25, 0.3) is 0 Å². The fourth-order valence-electron chi connectivity index (χ4n) is 2.13. The first-order valence-electron chi connectivity index (χ1n) is 6.30. The van der Waals surface area contributed by atoms with Gasteiger partial charge in [-0.2, -0.15) is 0 Å². The molecule has 2 amide bonds. The highest BCUT2D eigenvalue weighted by atomic mass is 79.9. The summed E-state index contributed by atoms with van der Waals surface area (Å²) in [6, 6.07) is 14.9. The number of benzene rings is 2. The summed E-state index contributed by atoms with van der Waals surface area (Å²) < 4.78 is 6.40. The Morgan fingerprint density at radius 3 is 2.75 bits per heavy atom. The second-order valence-corrected chi connectivity index (χ2v) is 5.23. The molecule has 2 aromatic rings. The van der Waals surface area contributed by atoms with Crippen LogP contribution in [0.25, 0.3) is 0 Å². The second-order valence-electron chi connectivity index (χ2n) is 4.38. The fraction of sp³-hybridized carbons (Fsp3) is 0.133. The van der Waals surface area contributed by atoms with E-state index >= 15 is 0 Å². The zero-order valence-corrected chi connectivity index (χ0v) is 12.3. The SMILES string of the molecule is O=C(Nc1ccccc1Br)N1CCOc2ccccc21. The number of para-hydroxylation sites is 3. The van der Waals surface area contributed by atoms with Crippen LogP contribution >= 0.6 is 15.9 Å². The van der Waals surface area contributed by atoms with E-state index in [0.717, 1.165) is 21.6 Å². The summed E-state index contributed by atoms with van der Waals surface area (Å²) in [5, 5.41) is 2.91. The third-order valence-corrected chi connectivity index (χ3v) is 3.78. The quantitative estimate of drug-likeness (QED) is 0.860. The van der Waals surface area contributed by atoms with Crippen molar-refractivity contribution in [3.63, 3.8) is 0 Å². The Morgan fingerprint density at radius 1 is 1.15 bits per heavy atom. The number of nitrogens with zero attached hydrogens (tertiary/aromatic N) is 1. The third kappa shape index (κ3) is 2.49. The summed E-state index contributed by atoms with van der Waals surface area (Å²) in [7, 11) is 0. The van der Waals surface area contributed by atoms with E-state index in [-0.39, 0.29) is 6.03 Å². The topological polar surface area (TPSA) is 41.6 Å². The van der Waals surface area contributed by atoms with Crippen LogP contribution < -0.4 is 15.0 Å². The molecular weight excluding hydrogens is 320 g/mol. The van der Waals surface area contributed by atoms with Gasteiger partial charge in [-0.1, -0.05) is 24.3 Å². The van der Waals surface area contributed by atoms with Gasteiger partial charge in [0.05, 0.1) is 17.9 Å². The van der Waals surface area contributed by atoms with Crippen molar-refractivity contribution in [3.8, 4) is 5.75 Å². The lowest BCUT2D eigenvalue weighted by Gasteiger charge is -2.29. The number of carbonyl (C=O) groups is 1. The van der Waals surface area contributed by atoms with Crippen LogP contribution in [0, 0.1) is 0 Å².